The maximum atomic E-state index is 10.8. The molecule has 0 aromatic rings. The van der Waals surface area contributed by atoms with Crippen LogP contribution in [0.2, 0.25) is 0 Å². The lowest BCUT2D eigenvalue weighted by molar-refractivity contribution is -0.177. The second kappa shape index (κ2) is 5.31. The average Bonchev–Trinajstić information content (AvgIpc) is 2.41. The monoisotopic (exact) mass is 272 g/mol. The molecule has 3 aliphatic heterocycles. The van der Waals surface area contributed by atoms with Gasteiger partial charge >= 0.3 is 0 Å². The number of ether oxygens (including phenoxy) is 2. The number of rotatable bonds is 1. The maximum absolute atomic E-state index is 10.8. The predicted octanol–water partition coefficient (Wildman–Crippen LogP) is 2.22. The summed E-state index contributed by atoms with van der Waals surface area (Å²) < 4.78 is 11.6. The first-order valence-electron chi connectivity index (χ1n) is 7.24. The van der Waals surface area contributed by atoms with Crippen LogP contribution in [-0.4, -0.2) is 47.6 Å². The molecule has 3 aliphatic rings. The Morgan fingerprint density at radius 2 is 1.94 bits per heavy atom. The zero-order valence-corrected chi connectivity index (χ0v) is 11.8. The minimum atomic E-state index is -0.584. The quantitative estimate of drug-likeness (QED) is 0.794. The highest BCUT2D eigenvalue weighted by Gasteiger charge is 2.47. The van der Waals surface area contributed by atoms with Crippen LogP contribution < -0.4 is 0 Å². The van der Waals surface area contributed by atoms with Gasteiger partial charge in [0.15, 0.2) is 0 Å². The maximum Gasteiger partial charge on any atom is 0.0910 e. The summed E-state index contributed by atoms with van der Waals surface area (Å²) in [6.07, 6.45) is 6.25. The molecule has 0 bridgehead atoms. The summed E-state index contributed by atoms with van der Waals surface area (Å²) in [5, 5.41) is 10.8. The van der Waals surface area contributed by atoms with Crippen molar-refractivity contribution in [3.05, 3.63) is 0 Å². The van der Waals surface area contributed by atoms with Crippen LogP contribution >= 0.6 is 11.8 Å². The highest BCUT2D eigenvalue weighted by atomic mass is 32.2. The lowest BCUT2D eigenvalue weighted by atomic mass is 9.72. The van der Waals surface area contributed by atoms with Crippen LogP contribution in [0.3, 0.4) is 0 Å². The van der Waals surface area contributed by atoms with E-state index in [0.29, 0.717) is 12.5 Å². The van der Waals surface area contributed by atoms with E-state index in [2.05, 4.69) is 0 Å². The van der Waals surface area contributed by atoms with Crippen molar-refractivity contribution in [2.45, 2.75) is 49.7 Å². The summed E-state index contributed by atoms with van der Waals surface area (Å²) in [4.78, 5) is 0. The lowest BCUT2D eigenvalue weighted by Crippen LogP contribution is -2.53. The van der Waals surface area contributed by atoms with Gasteiger partial charge in [-0.3, -0.25) is 0 Å². The predicted molar refractivity (Wildman–Crippen MR) is 73.0 cm³/mol. The van der Waals surface area contributed by atoms with Gasteiger partial charge in [-0.25, -0.2) is 0 Å². The van der Waals surface area contributed by atoms with Crippen LogP contribution in [0.1, 0.15) is 38.5 Å². The van der Waals surface area contributed by atoms with Gasteiger partial charge in [0, 0.05) is 13.2 Å². The van der Waals surface area contributed by atoms with E-state index in [1.165, 1.54) is 11.5 Å². The molecule has 0 aromatic heterocycles. The summed E-state index contributed by atoms with van der Waals surface area (Å²) in [5.41, 5.74) is -0.513. The Hall–Kier alpha value is 0.230. The van der Waals surface area contributed by atoms with Crippen LogP contribution in [0.5, 0.6) is 0 Å². The first-order valence-corrected chi connectivity index (χ1v) is 8.40. The molecule has 3 nitrogen and oxygen atoms in total. The van der Waals surface area contributed by atoms with E-state index in [1.54, 1.807) is 0 Å². The third kappa shape index (κ3) is 2.58. The Morgan fingerprint density at radius 1 is 1.11 bits per heavy atom. The van der Waals surface area contributed by atoms with E-state index >= 15 is 0 Å². The molecule has 18 heavy (non-hydrogen) atoms. The minimum absolute atomic E-state index is 0.0708. The van der Waals surface area contributed by atoms with E-state index in [0.717, 1.165) is 51.7 Å². The molecule has 3 heterocycles. The van der Waals surface area contributed by atoms with Crippen molar-refractivity contribution in [2.24, 2.45) is 5.92 Å². The average molecular weight is 272 g/mol. The number of aliphatic hydroxyl groups is 1. The first-order chi connectivity index (χ1) is 8.73. The summed E-state index contributed by atoms with van der Waals surface area (Å²) in [6.45, 7) is 2.16. The topological polar surface area (TPSA) is 38.7 Å². The molecule has 4 heteroatoms. The smallest absolute Gasteiger partial charge is 0.0910 e. The molecule has 104 valence electrons. The van der Waals surface area contributed by atoms with Gasteiger partial charge in [-0.05, 0) is 55.9 Å². The van der Waals surface area contributed by atoms with Gasteiger partial charge in [0.2, 0.25) is 0 Å². The summed E-state index contributed by atoms with van der Waals surface area (Å²) in [7, 11) is 0. The molecule has 0 radical (unpaired) electrons. The van der Waals surface area contributed by atoms with E-state index < -0.39 is 5.60 Å². The molecule has 0 aliphatic carbocycles. The number of hydrogen-bond acceptors (Lipinski definition) is 4. The SMILES string of the molecule is OC1(C2CCOC3(CCSCC3)C2)CCCOC1. The molecule has 2 unspecified atom stereocenters. The zero-order chi connectivity index (χ0) is 12.5. The second-order valence-electron chi connectivity index (χ2n) is 6.09. The van der Waals surface area contributed by atoms with Crippen molar-refractivity contribution < 1.29 is 14.6 Å². The molecule has 1 spiro atoms. The molecule has 3 rings (SSSR count). The first kappa shape index (κ1) is 13.2. The second-order valence-corrected chi connectivity index (χ2v) is 7.32. The van der Waals surface area contributed by atoms with Crippen LogP contribution in [0, 0.1) is 5.92 Å². The summed E-state index contributed by atoms with van der Waals surface area (Å²) in [6, 6.07) is 0. The molecule has 0 aromatic carbocycles. The number of thioether (sulfide) groups is 1. The Bertz CT molecular complexity index is 264. The van der Waals surface area contributed by atoms with Crippen LogP contribution in [0.4, 0.5) is 0 Å². The van der Waals surface area contributed by atoms with E-state index in [-0.39, 0.29) is 5.60 Å². The molecule has 0 saturated carbocycles. The third-order valence-electron chi connectivity index (χ3n) is 4.91. The normalized spacial score (nSPS) is 40.8. The van der Waals surface area contributed by atoms with Gasteiger partial charge in [-0.1, -0.05) is 0 Å². The zero-order valence-electron chi connectivity index (χ0n) is 11.0. The number of hydrogen-bond donors (Lipinski definition) is 1. The van der Waals surface area contributed by atoms with E-state index in [4.69, 9.17) is 9.47 Å². The van der Waals surface area contributed by atoms with Gasteiger partial charge in [0.25, 0.3) is 0 Å². The van der Waals surface area contributed by atoms with Gasteiger partial charge in [-0.2, -0.15) is 11.8 Å². The molecule has 2 atom stereocenters. The molecule has 0 amide bonds. The Balaban J connectivity index is 1.69. The van der Waals surface area contributed by atoms with E-state index in [9.17, 15) is 5.11 Å². The van der Waals surface area contributed by atoms with Crippen molar-refractivity contribution in [2.75, 3.05) is 31.3 Å². The third-order valence-corrected chi connectivity index (χ3v) is 5.89. The van der Waals surface area contributed by atoms with Gasteiger partial charge in [0.1, 0.15) is 0 Å². The largest absolute Gasteiger partial charge is 0.387 e. The van der Waals surface area contributed by atoms with Gasteiger partial charge < -0.3 is 14.6 Å². The van der Waals surface area contributed by atoms with Gasteiger partial charge in [-0.15, -0.1) is 0 Å². The Kier molecular flexibility index (Phi) is 3.90. The standard InChI is InChI=1S/C14H24O3S/c15-14(3-1-6-16-11-14)12-2-7-17-13(10-12)4-8-18-9-5-13/h12,15H,1-11H2. The highest BCUT2D eigenvalue weighted by Crippen LogP contribution is 2.44. The Labute approximate surface area is 114 Å². The van der Waals surface area contributed by atoms with Crippen molar-refractivity contribution in [3.8, 4) is 0 Å². The highest BCUT2D eigenvalue weighted by molar-refractivity contribution is 7.99. The molecule has 3 fully saturated rings. The fourth-order valence-corrected chi connectivity index (χ4v) is 4.94. The fourth-order valence-electron chi connectivity index (χ4n) is 3.70. The molecular formula is C14H24O3S. The fraction of sp³-hybridized carbons (Fsp3) is 1.00. The summed E-state index contributed by atoms with van der Waals surface area (Å²) >= 11 is 2.03. The van der Waals surface area contributed by atoms with Crippen molar-refractivity contribution in [3.63, 3.8) is 0 Å². The molecule has 1 N–H and O–H groups in total. The van der Waals surface area contributed by atoms with Crippen LogP contribution in [0.25, 0.3) is 0 Å². The van der Waals surface area contributed by atoms with Crippen LogP contribution in [-0.2, 0) is 9.47 Å². The lowest BCUT2D eigenvalue weighted by Gasteiger charge is -2.49. The van der Waals surface area contributed by atoms with E-state index in [1.807, 2.05) is 11.8 Å². The molecular weight excluding hydrogens is 248 g/mol. The minimum Gasteiger partial charge on any atom is -0.387 e. The van der Waals surface area contributed by atoms with Crippen molar-refractivity contribution >= 4 is 11.8 Å². The van der Waals surface area contributed by atoms with Gasteiger partial charge in [0.05, 0.1) is 17.8 Å². The molecule has 3 saturated heterocycles. The Morgan fingerprint density at radius 3 is 2.67 bits per heavy atom. The van der Waals surface area contributed by atoms with Crippen LogP contribution in [0.15, 0.2) is 0 Å². The van der Waals surface area contributed by atoms with Crippen molar-refractivity contribution in [1.82, 2.24) is 0 Å². The van der Waals surface area contributed by atoms with Crippen molar-refractivity contribution in [1.29, 1.82) is 0 Å². The summed E-state index contributed by atoms with van der Waals surface area (Å²) in [5.74, 6) is 2.79.